The monoisotopic (exact) mass is 472 g/mol. The van der Waals surface area contributed by atoms with Crippen LogP contribution >= 0.6 is 11.6 Å². The zero-order chi connectivity index (χ0) is 24.2. The van der Waals surface area contributed by atoms with Crippen molar-refractivity contribution in [2.24, 2.45) is 10.2 Å². The maximum Gasteiger partial charge on any atom is 0.271 e. The minimum absolute atomic E-state index is 0.0864. The molecule has 0 heterocycles. The molecule has 0 saturated heterocycles. The Labute approximate surface area is 194 Å². The number of benzene rings is 2. The number of hydrogen-bond donors (Lipinski definition) is 2. The largest absolute Gasteiger partial charge is 0.382 e. The van der Waals surface area contributed by atoms with Crippen LogP contribution in [0.25, 0.3) is 0 Å². The van der Waals surface area contributed by atoms with Crippen molar-refractivity contribution in [2.75, 3.05) is 25.0 Å². The maximum atomic E-state index is 11.2. The molecule has 12 heteroatoms. The molecule has 0 bridgehead atoms. The van der Waals surface area contributed by atoms with Gasteiger partial charge in [-0.3, -0.25) is 14.9 Å². The summed E-state index contributed by atoms with van der Waals surface area (Å²) in [5, 5.41) is 33.6. The zero-order valence-corrected chi connectivity index (χ0v) is 18.4. The van der Waals surface area contributed by atoms with Gasteiger partial charge in [0.25, 0.3) is 5.69 Å². The second kappa shape index (κ2) is 12.8. The number of non-ortho nitro benzene ring substituents is 1. The minimum atomic E-state index is -0.781. The smallest absolute Gasteiger partial charge is 0.271 e. The van der Waals surface area contributed by atoms with Gasteiger partial charge in [0.1, 0.15) is 18.4 Å². The standard InChI is InChI=1S/C21H21ClN6O5/c1-14(30)24-8-6-15-10-16(25-12-18(13-29)33-9-7-23)2-4-20(15)26-27-21-5-3-17(28(31)32)11-19(21)22/h2-5,10-11,13,18,25H,6,8-9,12H2,1H3,(H,24,30). The first-order valence-electron chi connectivity index (χ1n) is 9.74. The number of aldehydes is 1. The number of carbonyl (C=O) groups is 2. The quantitative estimate of drug-likeness (QED) is 0.205. The summed E-state index contributed by atoms with van der Waals surface area (Å²) >= 11 is 6.07. The molecule has 0 aliphatic heterocycles. The number of hydrogen-bond acceptors (Lipinski definition) is 9. The third kappa shape index (κ3) is 8.29. The highest BCUT2D eigenvalue weighted by Gasteiger charge is 2.11. The van der Waals surface area contributed by atoms with Crippen LogP contribution < -0.4 is 10.6 Å². The topological polar surface area (TPSA) is 159 Å². The number of nitro groups is 1. The van der Waals surface area contributed by atoms with Crippen molar-refractivity contribution < 1.29 is 19.2 Å². The Morgan fingerprint density at radius 1 is 1.30 bits per heavy atom. The summed E-state index contributed by atoms with van der Waals surface area (Å²) in [7, 11) is 0. The molecule has 1 atom stereocenters. The Morgan fingerprint density at radius 3 is 2.67 bits per heavy atom. The van der Waals surface area contributed by atoms with Gasteiger partial charge in [0.15, 0.2) is 6.29 Å². The molecule has 2 aromatic carbocycles. The van der Waals surface area contributed by atoms with Crippen molar-refractivity contribution in [3.05, 3.63) is 57.1 Å². The predicted octanol–water partition coefficient (Wildman–Crippen LogP) is 3.86. The summed E-state index contributed by atoms with van der Waals surface area (Å²) < 4.78 is 5.10. The Hall–Kier alpha value is -3.88. The molecule has 0 aliphatic carbocycles. The van der Waals surface area contributed by atoms with Crippen molar-refractivity contribution in [3.63, 3.8) is 0 Å². The first-order valence-corrected chi connectivity index (χ1v) is 10.1. The van der Waals surface area contributed by atoms with Crippen LogP contribution in [-0.2, 0) is 20.7 Å². The van der Waals surface area contributed by atoms with Crippen molar-refractivity contribution in [1.82, 2.24) is 5.32 Å². The van der Waals surface area contributed by atoms with Crippen LogP contribution in [-0.4, -0.2) is 42.9 Å². The van der Waals surface area contributed by atoms with Crippen molar-refractivity contribution in [1.29, 1.82) is 5.26 Å². The van der Waals surface area contributed by atoms with Crippen LogP contribution in [0.1, 0.15) is 12.5 Å². The molecule has 2 rings (SSSR count). The number of nitrogens with zero attached hydrogens (tertiary/aromatic N) is 4. The first-order chi connectivity index (χ1) is 15.8. The molecule has 1 amide bonds. The van der Waals surface area contributed by atoms with Crippen molar-refractivity contribution >= 4 is 46.5 Å². The summed E-state index contributed by atoms with van der Waals surface area (Å²) in [6.07, 6.45) is 0.272. The Balaban J connectivity index is 2.22. The maximum absolute atomic E-state index is 11.2. The van der Waals surface area contributed by atoms with Gasteiger partial charge in [-0.25, -0.2) is 0 Å². The van der Waals surface area contributed by atoms with E-state index in [1.165, 1.54) is 25.1 Å². The predicted molar refractivity (Wildman–Crippen MR) is 121 cm³/mol. The number of nitrogens with one attached hydrogen (secondary N) is 2. The van der Waals surface area contributed by atoms with E-state index in [4.69, 9.17) is 21.6 Å². The molecular weight excluding hydrogens is 452 g/mol. The Morgan fingerprint density at radius 2 is 2.03 bits per heavy atom. The number of ether oxygens (including phenoxy) is 1. The van der Waals surface area contributed by atoms with Crippen LogP contribution in [0, 0.1) is 21.4 Å². The number of anilines is 1. The summed E-state index contributed by atoms with van der Waals surface area (Å²) in [5.74, 6) is -0.173. The number of carbonyl (C=O) groups excluding carboxylic acids is 2. The molecule has 0 fully saturated rings. The number of nitro benzene ring substituents is 1. The van der Waals surface area contributed by atoms with Gasteiger partial charge in [-0.15, -0.1) is 5.11 Å². The number of azo groups is 1. The van der Waals surface area contributed by atoms with E-state index in [1.807, 2.05) is 6.07 Å². The highest BCUT2D eigenvalue weighted by molar-refractivity contribution is 6.33. The molecule has 0 spiro atoms. The second-order valence-electron chi connectivity index (χ2n) is 6.69. The van der Waals surface area contributed by atoms with E-state index in [1.54, 1.807) is 18.2 Å². The highest BCUT2D eigenvalue weighted by Crippen LogP contribution is 2.32. The molecule has 33 heavy (non-hydrogen) atoms. The number of amides is 1. The minimum Gasteiger partial charge on any atom is -0.382 e. The molecular formula is C21H21ClN6O5. The summed E-state index contributed by atoms with van der Waals surface area (Å²) in [4.78, 5) is 32.6. The fourth-order valence-corrected chi connectivity index (χ4v) is 2.89. The van der Waals surface area contributed by atoms with Gasteiger partial charge >= 0.3 is 0 Å². The third-order valence-electron chi connectivity index (χ3n) is 4.28. The van der Waals surface area contributed by atoms with E-state index >= 15 is 0 Å². The lowest BCUT2D eigenvalue weighted by atomic mass is 10.1. The average molecular weight is 473 g/mol. The van der Waals surface area contributed by atoms with Gasteiger partial charge < -0.3 is 20.2 Å². The lowest BCUT2D eigenvalue weighted by molar-refractivity contribution is -0.384. The average Bonchev–Trinajstić information content (AvgIpc) is 2.78. The normalized spacial score (nSPS) is 11.5. The third-order valence-corrected chi connectivity index (χ3v) is 4.58. The zero-order valence-electron chi connectivity index (χ0n) is 17.7. The summed E-state index contributed by atoms with van der Waals surface area (Å²) in [6, 6.07) is 10.9. The SMILES string of the molecule is CC(=O)NCCc1cc(NCC(C=O)OCC#N)ccc1N=Nc1ccc([N+](=O)[O-])cc1Cl. The van der Waals surface area contributed by atoms with Crippen LogP contribution in [0.3, 0.4) is 0 Å². The van der Waals surface area contributed by atoms with Crippen LogP contribution in [0.15, 0.2) is 46.6 Å². The van der Waals surface area contributed by atoms with E-state index < -0.39 is 11.0 Å². The molecule has 1 unspecified atom stereocenters. The van der Waals surface area contributed by atoms with Gasteiger partial charge in [-0.1, -0.05) is 11.6 Å². The number of nitriles is 1. The summed E-state index contributed by atoms with van der Waals surface area (Å²) in [5.41, 5.74) is 2.04. The van der Waals surface area contributed by atoms with Gasteiger partial charge in [-0.2, -0.15) is 10.4 Å². The molecule has 0 aromatic heterocycles. The van der Waals surface area contributed by atoms with Gasteiger partial charge in [0.05, 0.1) is 21.7 Å². The number of rotatable bonds is 12. The molecule has 2 N–H and O–H groups in total. The molecule has 0 radical (unpaired) electrons. The van der Waals surface area contributed by atoms with Crippen LogP contribution in [0.2, 0.25) is 5.02 Å². The lowest BCUT2D eigenvalue weighted by Gasteiger charge is -2.14. The van der Waals surface area contributed by atoms with E-state index in [2.05, 4.69) is 20.9 Å². The number of halogens is 1. The highest BCUT2D eigenvalue weighted by atomic mass is 35.5. The lowest BCUT2D eigenvalue weighted by Crippen LogP contribution is -2.25. The second-order valence-corrected chi connectivity index (χ2v) is 7.10. The van der Waals surface area contributed by atoms with E-state index in [9.17, 15) is 19.7 Å². The van der Waals surface area contributed by atoms with Crippen molar-refractivity contribution in [3.8, 4) is 6.07 Å². The van der Waals surface area contributed by atoms with E-state index in [-0.39, 0.29) is 35.5 Å². The van der Waals surface area contributed by atoms with Crippen LogP contribution in [0.4, 0.5) is 22.7 Å². The molecule has 172 valence electrons. The van der Waals surface area contributed by atoms with Crippen molar-refractivity contribution in [2.45, 2.75) is 19.4 Å². The van der Waals surface area contributed by atoms with E-state index in [0.717, 1.165) is 5.56 Å². The first kappa shape index (κ1) is 25.4. The van der Waals surface area contributed by atoms with Gasteiger partial charge in [0.2, 0.25) is 5.91 Å². The fourth-order valence-electron chi connectivity index (χ4n) is 2.67. The Bertz CT molecular complexity index is 1090. The van der Waals surface area contributed by atoms with E-state index in [0.29, 0.717) is 30.6 Å². The summed E-state index contributed by atoms with van der Waals surface area (Å²) in [6.45, 7) is 1.74. The van der Waals surface area contributed by atoms with Gasteiger partial charge in [-0.05, 0) is 36.2 Å². The fraction of sp³-hybridized carbons (Fsp3) is 0.286. The Kier molecular flexibility index (Phi) is 9.88. The molecule has 0 saturated carbocycles. The van der Waals surface area contributed by atoms with Crippen LogP contribution in [0.5, 0.6) is 0 Å². The van der Waals surface area contributed by atoms with Gasteiger partial charge in [0, 0.05) is 37.8 Å². The molecule has 2 aromatic rings. The molecule has 0 aliphatic rings. The molecule has 11 nitrogen and oxygen atoms in total.